The number of nitrogens with zero attached hydrogens (tertiary/aromatic N) is 1. The molecule has 216 valence electrons. The molecule has 0 radical (unpaired) electrons. The van der Waals surface area contributed by atoms with Gasteiger partial charge in [-0.25, -0.2) is 4.79 Å². The van der Waals surface area contributed by atoms with Crippen LogP contribution in [0.4, 0.5) is 0 Å². The first-order chi connectivity index (χ1) is 19.4. The fourth-order valence-corrected chi connectivity index (χ4v) is 5.57. The van der Waals surface area contributed by atoms with Crippen LogP contribution in [0, 0.1) is 11.3 Å². The summed E-state index contributed by atoms with van der Waals surface area (Å²) in [5.41, 5.74) is 1.69. The molecule has 7 nitrogen and oxygen atoms in total. The Morgan fingerprint density at radius 2 is 1.61 bits per heavy atom. The van der Waals surface area contributed by atoms with Crippen molar-refractivity contribution < 1.29 is 24.2 Å². The molecule has 8 heteroatoms. The first-order valence-electron chi connectivity index (χ1n) is 13.7. The molecule has 0 aromatic heterocycles. The number of carbonyl (C=O) groups is 3. The highest BCUT2D eigenvalue weighted by molar-refractivity contribution is 6.30. The number of carbonyl (C=O) groups excluding carboxylic acids is 3. The number of rotatable bonds is 7. The van der Waals surface area contributed by atoms with E-state index >= 15 is 0 Å². The van der Waals surface area contributed by atoms with E-state index in [0.717, 1.165) is 16.7 Å². The van der Waals surface area contributed by atoms with Gasteiger partial charge in [0.05, 0.1) is 24.2 Å². The van der Waals surface area contributed by atoms with E-state index in [0.29, 0.717) is 35.7 Å². The highest BCUT2D eigenvalue weighted by Gasteiger charge is 2.50. The zero-order valence-corrected chi connectivity index (χ0v) is 24.9. The van der Waals surface area contributed by atoms with Crippen LogP contribution in [-0.4, -0.2) is 54.0 Å². The average molecular weight is 577 g/mol. The van der Waals surface area contributed by atoms with Crippen LogP contribution in [0.25, 0.3) is 11.1 Å². The number of methoxy groups -OCH3 is 1. The lowest BCUT2D eigenvalue weighted by molar-refractivity contribution is -0.156. The molecule has 2 N–H and O–H groups in total. The first-order valence-corrected chi connectivity index (χ1v) is 14.1. The van der Waals surface area contributed by atoms with Crippen LogP contribution in [0.5, 0.6) is 0 Å². The molecule has 0 saturated carbocycles. The van der Waals surface area contributed by atoms with E-state index in [2.05, 4.69) is 5.32 Å². The highest BCUT2D eigenvalue weighted by Crippen LogP contribution is 2.46. The second-order valence-electron chi connectivity index (χ2n) is 11.5. The molecule has 0 spiro atoms. The summed E-state index contributed by atoms with van der Waals surface area (Å²) in [6.45, 7) is 8.37. The number of hydrogen-bond acceptors (Lipinski definition) is 5. The maximum absolute atomic E-state index is 13.5. The van der Waals surface area contributed by atoms with E-state index in [4.69, 9.17) is 16.3 Å². The summed E-state index contributed by atoms with van der Waals surface area (Å²) in [4.78, 5) is 40.2. The lowest BCUT2D eigenvalue weighted by Gasteiger charge is -2.51. The van der Waals surface area contributed by atoms with Gasteiger partial charge < -0.3 is 20.1 Å². The summed E-state index contributed by atoms with van der Waals surface area (Å²) in [5, 5.41) is 15.2. The monoisotopic (exact) mass is 576 g/mol. The lowest BCUT2D eigenvalue weighted by Crippen LogP contribution is -2.58. The van der Waals surface area contributed by atoms with Crippen molar-refractivity contribution in [3.05, 3.63) is 94.5 Å². The minimum atomic E-state index is -1.10. The smallest absolute Gasteiger partial charge is 0.337 e. The summed E-state index contributed by atoms with van der Waals surface area (Å²) in [5.74, 6) is -1.22. The molecule has 2 amide bonds. The standard InChI is InChI=1S/C33H37ClN2O5/c1-21(30(38)36-18-17-33(40,32(3,4)20-36)27-13-15-28(34)16-14-27)22(2)35-29(37)26-8-6-7-25(19-26)23-9-11-24(12-10-23)31(39)41-5/h6-16,19,21-22,40H,17-18,20H2,1-5H3,(H,35,37)/t21-,22?,33+/m1/s1. The van der Waals surface area contributed by atoms with Crippen molar-refractivity contribution >= 4 is 29.4 Å². The zero-order valence-electron chi connectivity index (χ0n) is 24.1. The van der Waals surface area contributed by atoms with Crippen molar-refractivity contribution in [1.29, 1.82) is 0 Å². The maximum atomic E-state index is 13.5. The zero-order chi connectivity index (χ0) is 29.9. The molecule has 3 atom stereocenters. The number of halogens is 1. The first kappa shape index (κ1) is 30.3. The summed E-state index contributed by atoms with van der Waals surface area (Å²) >= 11 is 6.05. The predicted molar refractivity (Wildman–Crippen MR) is 160 cm³/mol. The quantitative estimate of drug-likeness (QED) is 0.352. The van der Waals surface area contributed by atoms with Crippen molar-refractivity contribution in [2.75, 3.05) is 20.2 Å². The normalized spacial score (nSPS) is 19.6. The van der Waals surface area contributed by atoms with E-state index in [1.165, 1.54) is 7.11 Å². The summed E-state index contributed by atoms with van der Waals surface area (Å²) in [7, 11) is 1.34. The van der Waals surface area contributed by atoms with Gasteiger partial charge in [0, 0.05) is 35.1 Å². The SMILES string of the molecule is COC(=O)c1ccc(-c2cccc(C(=O)NC(C)[C@@H](C)C(=O)N3CC[C@](O)(c4ccc(Cl)cc4)C(C)(C)C3)c2)cc1. The van der Waals surface area contributed by atoms with Crippen LogP contribution in [0.15, 0.2) is 72.8 Å². The van der Waals surface area contributed by atoms with E-state index in [-0.39, 0.29) is 11.8 Å². The summed E-state index contributed by atoms with van der Waals surface area (Å²) < 4.78 is 4.75. The second kappa shape index (κ2) is 12.0. The number of likely N-dealkylation sites (tertiary alicyclic amines) is 1. The molecule has 1 heterocycles. The Bertz CT molecular complexity index is 1420. The van der Waals surface area contributed by atoms with Crippen molar-refractivity contribution in [2.45, 2.75) is 45.8 Å². The fraction of sp³-hybridized carbons (Fsp3) is 0.364. The Balaban J connectivity index is 1.40. The number of benzene rings is 3. The number of aliphatic hydroxyl groups is 1. The molecule has 0 bridgehead atoms. The average Bonchev–Trinajstić information content (AvgIpc) is 2.97. The van der Waals surface area contributed by atoms with Crippen molar-refractivity contribution in [3.8, 4) is 11.1 Å². The van der Waals surface area contributed by atoms with Gasteiger partial charge in [-0.2, -0.15) is 0 Å². The Morgan fingerprint density at radius 1 is 0.951 bits per heavy atom. The number of piperidine rings is 1. The van der Waals surface area contributed by atoms with Crippen LogP contribution in [0.1, 0.15) is 60.4 Å². The van der Waals surface area contributed by atoms with Crippen molar-refractivity contribution in [1.82, 2.24) is 10.2 Å². The van der Waals surface area contributed by atoms with Gasteiger partial charge in [-0.05, 0) is 66.4 Å². The lowest BCUT2D eigenvalue weighted by atomic mass is 9.66. The van der Waals surface area contributed by atoms with Crippen LogP contribution < -0.4 is 5.32 Å². The molecule has 1 aliphatic heterocycles. The molecule has 1 fully saturated rings. The van der Waals surface area contributed by atoms with E-state index < -0.39 is 28.9 Å². The second-order valence-corrected chi connectivity index (χ2v) is 11.9. The third-order valence-electron chi connectivity index (χ3n) is 8.35. The third-order valence-corrected chi connectivity index (χ3v) is 8.60. The minimum Gasteiger partial charge on any atom is -0.465 e. The Hall–Kier alpha value is -3.68. The van der Waals surface area contributed by atoms with E-state index in [1.807, 2.05) is 45.9 Å². The predicted octanol–water partition coefficient (Wildman–Crippen LogP) is 5.69. The summed E-state index contributed by atoms with van der Waals surface area (Å²) in [6, 6.07) is 21.0. The molecular formula is C33H37ClN2O5. The van der Waals surface area contributed by atoms with Gasteiger partial charge in [-0.3, -0.25) is 9.59 Å². The molecular weight excluding hydrogens is 540 g/mol. The van der Waals surface area contributed by atoms with Gasteiger partial charge in [0.15, 0.2) is 0 Å². The fourth-order valence-electron chi connectivity index (χ4n) is 5.44. The van der Waals surface area contributed by atoms with Gasteiger partial charge in [-0.15, -0.1) is 0 Å². The van der Waals surface area contributed by atoms with Gasteiger partial charge >= 0.3 is 5.97 Å². The van der Waals surface area contributed by atoms with Crippen LogP contribution in [-0.2, 0) is 15.1 Å². The minimum absolute atomic E-state index is 0.0662. The maximum Gasteiger partial charge on any atom is 0.337 e. The van der Waals surface area contributed by atoms with Gasteiger partial charge in [0.2, 0.25) is 5.91 Å². The third kappa shape index (κ3) is 6.31. The van der Waals surface area contributed by atoms with Crippen molar-refractivity contribution in [2.24, 2.45) is 11.3 Å². The molecule has 41 heavy (non-hydrogen) atoms. The number of ether oxygens (including phenoxy) is 1. The van der Waals surface area contributed by atoms with Crippen LogP contribution in [0.3, 0.4) is 0 Å². The van der Waals surface area contributed by atoms with Gasteiger partial charge in [0.25, 0.3) is 5.91 Å². The van der Waals surface area contributed by atoms with Crippen molar-refractivity contribution in [3.63, 3.8) is 0 Å². The number of esters is 1. The molecule has 3 aromatic carbocycles. The Labute approximate surface area is 246 Å². The van der Waals surface area contributed by atoms with Crippen LogP contribution >= 0.6 is 11.6 Å². The molecule has 3 aromatic rings. The van der Waals surface area contributed by atoms with E-state index in [9.17, 15) is 19.5 Å². The highest BCUT2D eigenvalue weighted by atomic mass is 35.5. The number of hydrogen-bond donors (Lipinski definition) is 2. The van der Waals surface area contributed by atoms with E-state index in [1.54, 1.807) is 59.5 Å². The Kier molecular flexibility index (Phi) is 8.90. The summed E-state index contributed by atoms with van der Waals surface area (Å²) in [6.07, 6.45) is 0.397. The van der Waals surface area contributed by atoms with Gasteiger partial charge in [-0.1, -0.05) is 68.8 Å². The largest absolute Gasteiger partial charge is 0.465 e. The molecule has 1 saturated heterocycles. The topological polar surface area (TPSA) is 95.9 Å². The number of amides is 2. The molecule has 0 aliphatic carbocycles. The molecule has 1 unspecified atom stereocenters. The number of nitrogens with one attached hydrogen (secondary N) is 1. The van der Waals surface area contributed by atoms with Crippen LogP contribution in [0.2, 0.25) is 5.02 Å². The Morgan fingerprint density at radius 3 is 2.22 bits per heavy atom. The van der Waals surface area contributed by atoms with Gasteiger partial charge in [0.1, 0.15) is 0 Å². The molecule has 1 aliphatic rings. The molecule has 4 rings (SSSR count).